The molecule has 2 aliphatic heterocycles. The number of benzene rings is 1. The summed E-state index contributed by atoms with van der Waals surface area (Å²) in [5.41, 5.74) is 4.07. The van der Waals surface area contributed by atoms with Crippen molar-refractivity contribution in [2.75, 3.05) is 13.1 Å². The van der Waals surface area contributed by atoms with Gasteiger partial charge in [-0.3, -0.25) is 19.4 Å². The molecule has 0 bridgehead atoms. The molecule has 0 saturated carbocycles. The first-order chi connectivity index (χ1) is 19.8. The quantitative estimate of drug-likeness (QED) is 0.293. The van der Waals surface area contributed by atoms with Gasteiger partial charge in [-0.25, -0.2) is 10.4 Å². The van der Waals surface area contributed by atoms with Crippen molar-refractivity contribution in [2.24, 2.45) is 11.3 Å². The number of fused-ring (bicyclic) bond motifs is 1. The number of pyridine rings is 1. The van der Waals surface area contributed by atoms with Crippen LogP contribution in [0.2, 0.25) is 0 Å². The van der Waals surface area contributed by atoms with E-state index >= 15 is 0 Å². The van der Waals surface area contributed by atoms with Crippen molar-refractivity contribution in [3.8, 4) is 0 Å². The number of halogens is 1. The van der Waals surface area contributed by atoms with E-state index in [-0.39, 0.29) is 29.7 Å². The maximum atomic E-state index is 13.4. The molecule has 3 amide bonds. The van der Waals surface area contributed by atoms with E-state index in [9.17, 15) is 19.5 Å². The molecule has 2 aliphatic rings. The van der Waals surface area contributed by atoms with E-state index in [0.29, 0.717) is 32.4 Å². The predicted molar refractivity (Wildman–Crippen MR) is 166 cm³/mol. The first kappa shape index (κ1) is 32.1. The van der Waals surface area contributed by atoms with Crippen LogP contribution in [0.15, 0.2) is 47.5 Å². The second kappa shape index (κ2) is 13.2. The Kier molecular flexibility index (Phi) is 10.1. The molecule has 4 N–H and O–H groups in total. The third-order valence-electron chi connectivity index (χ3n) is 8.45. The lowest BCUT2D eigenvalue weighted by Crippen LogP contribution is -2.63. The summed E-state index contributed by atoms with van der Waals surface area (Å²) < 4.78 is 0.937. The molecule has 1 aromatic carbocycles. The minimum Gasteiger partial charge on any atom is -0.375 e. The van der Waals surface area contributed by atoms with Crippen molar-refractivity contribution in [3.05, 3.63) is 53.2 Å². The molecular formula is C31H43BrN6O4. The highest BCUT2D eigenvalue weighted by atomic mass is 79.9. The van der Waals surface area contributed by atoms with E-state index in [4.69, 9.17) is 4.98 Å². The molecule has 2 aromatic rings. The molecule has 10 nitrogen and oxygen atoms in total. The number of carbonyl (C=O) groups excluding carboxylic acids is 3. The van der Waals surface area contributed by atoms with Gasteiger partial charge in [0.25, 0.3) is 0 Å². The summed E-state index contributed by atoms with van der Waals surface area (Å²) in [7, 11) is 0. The van der Waals surface area contributed by atoms with E-state index in [0.717, 1.165) is 21.1 Å². The van der Waals surface area contributed by atoms with Crippen LogP contribution in [0, 0.1) is 11.3 Å². The summed E-state index contributed by atoms with van der Waals surface area (Å²) in [6.07, 6.45) is 2.48. The monoisotopic (exact) mass is 642 g/mol. The number of aliphatic hydroxyl groups is 1. The molecular weight excluding hydrogens is 600 g/mol. The number of hydrogen-bond acceptors (Lipinski definition) is 7. The lowest BCUT2D eigenvalue weighted by molar-refractivity contribution is -0.144. The molecule has 42 heavy (non-hydrogen) atoms. The SMILES string of the molecule is C=CC1(C)CCN([C@H](C(=O)N[C@@H](C)C(O)N2CCC[C@@H](C(=O)N[C@H](C)c3ccc4ccc(Br)cc4n3)N2)C(C)C)C1=O. The standard InChI is InChI=1S/C31H43BrN6O4/c1-7-31(6)14-16-37(30(31)42)26(18(2)3)28(40)34-20(5)29(41)38-15-8-9-24(36-38)27(39)33-19(4)23-13-11-21-10-12-22(32)17-25(21)35-23/h7,10-13,17-20,24,26,29,36,41H,1,8-9,14-16H2,2-6H3,(H,33,39)(H,34,40)/t19-,20+,24+,26+,29?,31?/m1/s1. The molecule has 0 radical (unpaired) electrons. The van der Waals surface area contributed by atoms with Crippen molar-refractivity contribution in [1.29, 1.82) is 0 Å². The Balaban J connectivity index is 1.35. The summed E-state index contributed by atoms with van der Waals surface area (Å²) in [6, 6.07) is 7.62. The van der Waals surface area contributed by atoms with Crippen LogP contribution in [0.1, 0.15) is 65.6 Å². The van der Waals surface area contributed by atoms with Gasteiger partial charge in [-0.1, -0.05) is 48.0 Å². The number of hydrazine groups is 1. The maximum Gasteiger partial charge on any atom is 0.243 e. The van der Waals surface area contributed by atoms with E-state index in [1.54, 1.807) is 22.9 Å². The third-order valence-corrected chi connectivity index (χ3v) is 8.95. The molecule has 1 aromatic heterocycles. The summed E-state index contributed by atoms with van der Waals surface area (Å²) >= 11 is 3.48. The molecule has 2 saturated heterocycles. The van der Waals surface area contributed by atoms with Gasteiger partial charge < -0.3 is 20.6 Å². The van der Waals surface area contributed by atoms with Crippen LogP contribution in [-0.4, -0.2) is 75.2 Å². The van der Waals surface area contributed by atoms with Gasteiger partial charge in [-0.15, -0.1) is 6.58 Å². The fraction of sp³-hybridized carbons (Fsp3) is 0.548. The van der Waals surface area contributed by atoms with Crippen LogP contribution >= 0.6 is 15.9 Å². The summed E-state index contributed by atoms with van der Waals surface area (Å²) in [5, 5.41) is 19.7. The molecule has 0 aliphatic carbocycles. The molecule has 11 heteroatoms. The Morgan fingerprint density at radius 3 is 2.57 bits per heavy atom. The average molecular weight is 644 g/mol. The van der Waals surface area contributed by atoms with E-state index in [1.165, 1.54) is 0 Å². The fourth-order valence-corrected chi connectivity index (χ4v) is 6.08. The highest BCUT2D eigenvalue weighted by molar-refractivity contribution is 9.10. The summed E-state index contributed by atoms with van der Waals surface area (Å²) in [4.78, 5) is 46.0. The molecule has 6 atom stereocenters. The largest absolute Gasteiger partial charge is 0.375 e. The number of carbonyl (C=O) groups is 3. The maximum absolute atomic E-state index is 13.4. The van der Waals surface area contributed by atoms with Gasteiger partial charge in [0.05, 0.1) is 28.7 Å². The van der Waals surface area contributed by atoms with Crippen molar-refractivity contribution in [3.63, 3.8) is 0 Å². The second-order valence-electron chi connectivity index (χ2n) is 12.1. The van der Waals surface area contributed by atoms with Crippen LogP contribution < -0.4 is 16.1 Å². The van der Waals surface area contributed by atoms with Gasteiger partial charge in [-0.05, 0) is 64.2 Å². The zero-order valence-electron chi connectivity index (χ0n) is 25.1. The highest BCUT2D eigenvalue weighted by Gasteiger charge is 2.46. The van der Waals surface area contributed by atoms with Gasteiger partial charge >= 0.3 is 0 Å². The Labute approximate surface area is 256 Å². The normalized spacial score (nSPS) is 24.3. The molecule has 3 heterocycles. The van der Waals surface area contributed by atoms with Gasteiger partial charge in [-0.2, -0.15) is 0 Å². The topological polar surface area (TPSA) is 127 Å². The number of nitrogens with zero attached hydrogens (tertiary/aromatic N) is 3. The summed E-state index contributed by atoms with van der Waals surface area (Å²) in [6.45, 7) is 14.1. The first-order valence-corrected chi connectivity index (χ1v) is 15.5. The Morgan fingerprint density at radius 1 is 1.19 bits per heavy atom. The Hall–Kier alpha value is -2.86. The smallest absolute Gasteiger partial charge is 0.243 e. The van der Waals surface area contributed by atoms with E-state index in [2.05, 4.69) is 38.6 Å². The van der Waals surface area contributed by atoms with Crippen molar-refractivity contribution in [1.82, 2.24) is 31.0 Å². The van der Waals surface area contributed by atoms with E-state index < -0.39 is 29.8 Å². The third kappa shape index (κ3) is 6.85. The van der Waals surface area contributed by atoms with Gasteiger partial charge in [0, 0.05) is 22.9 Å². The van der Waals surface area contributed by atoms with Crippen molar-refractivity contribution >= 4 is 44.6 Å². The van der Waals surface area contributed by atoms with Gasteiger partial charge in [0.2, 0.25) is 17.7 Å². The van der Waals surface area contributed by atoms with Crippen LogP contribution in [-0.2, 0) is 14.4 Å². The number of likely N-dealkylation sites (tertiary alicyclic amines) is 1. The lowest BCUT2D eigenvalue weighted by atomic mass is 9.89. The number of nitrogens with one attached hydrogen (secondary N) is 3. The molecule has 228 valence electrons. The zero-order chi connectivity index (χ0) is 30.8. The number of rotatable bonds is 10. The molecule has 4 rings (SSSR count). The molecule has 2 unspecified atom stereocenters. The van der Waals surface area contributed by atoms with Crippen LogP contribution in [0.5, 0.6) is 0 Å². The number of amides is 3. The van der Waals surface area contributed by atoms with Crippen LogP contribution in [0.3, 0.4) is 0 Å². The number of hydrogen-bond donors (Lipinski definition) is 4. The molecule has 0 spiro atoms. The van der Waals surface area contributed by atoms with E-state index in [1.807, 2.05) is 58.0 Å². The predicted octanol–water partition coefficient (Wildman–Crippen LogP) is 3.42. The highest BCUT2D eigenvalue weighted by Crippen LogP contribution is 2.35. The zero-order valence-corrected chi connectivity index (χ0v) is 26.6. The Bertz CT molecular complexity index is 1340. The average Bonchev–Trinajstić information content (AvgIpc) is 3.25. The van der Waals surface area contributed by atoms with Crippen molar-refractivity contribution in [2.45, 2.75) is 84.3 Å². The van der Waals surface area contributed by atoms with Crippen LogP contribution in [0.25, 0.3) is 10.9 Å². The van der Waals surface area contributed by atoms with Crippen LogP contribution in [0.4, 0.5) is 0 Å². The van der Waals surface area contributed by atoms with Gasteiger partial charge in [0.15, 0.2) is 0 Å². The first-order valence-electron chi connectivity index (χ1n) is 14.7. The van der Waals surface area contributed by atoms with Gasteiger partial charge in [0.1, 0.15) is 18.3 Å². The molecule has 2 fully saturated rings. The number of aliphatic hydroxyl groups excluding tert-OH is 1. The second-order valence-corrected chi connectivity index (χ2v) is 13.0. The minimum absolute atomic E-state index is 0.105. The van der Waals surface area contributed by atoms with Crippen molar-refractivity contribution < 1.29 is 19.5 Å². The number of aromatic nitrogens is 1. The Morgan fingerprint density at radius 2 is 1.90 bits per heavy atom. The minimum atomic E-state index is -1.08. The summed E-state index contributed by atoms with van der Waals surface area (Å²) in [5.74, 6) is -0.725. The fourth-order valence-electron chi connectivity index (χ4n) is 5.73. The lowest BCUT2D eigenvalue weighted by Gasteiger charge is -2.39.